The molecule has 7 rings (SSSR count). The number of phenols is 2. The summed E-state index contributed by atoms with van der Waals surface area (Å²) >= 11 is 7.98. The number of hydrogen-bond acceptors (Lipinski definition) is 15. The standard InChI is InChI=1S/C49H61ClN12O6S/c1-30(2)34-25-35(38(65)26-37(34)64)46(53)62(40(51)29-63)33-9-7-31(8-10-33)28-58-17-13-32(14-18-58)48(68)61-23-21-60(22-24-61)43(67)12-11-42(66)56-36-5-4-6-39(44(36)50)69-47-45(52)57-41(27-55-47)59-19-15-49(3,54)16-20-59/h4-10,25-27,29-30,32,51,53,64-65H,11-24,28,54H2,1-3H3,(H2,52,57)(H,56,66). The summed E-state index contributed by atoms with van der Waals surface area (Å²) < 4.78 is 0. The third-order valence-electron chi connectivity index (χ3n) is 13.1. The summed E-state index contributed by atoms with van der Waals surface area (Å²) in [4.78, 5) is 70.4. The summed E-state index contributed by atoms with van der Waals surface area (Å²) in [6.45, 7) is 11.0. The van der Waals surface area contributed by atoms with Crippen molar-refractivity contribution >= 4 is 82.1 Å². The zero-order chi connectivity index (χ0) is 49.6. The molecule has 9 N–H and O–H groups in total. The van der Waals surface area contributed by atoms with Crippen molar-refractivity contribution in [1.29, 1.82) is 10.8 Å². The summed E-state index contributed by atoms with van der Waals surface area (Å²) in [7, 11) is 0. The highest BCUT2D eigenvalue weighted by atomic mass is 35.5. The summed E-state index contributed by atoms with van der Waals surface area (Å²) in [6.07, 6.45) is 5.08. The number of amidine groups is 2. The molecule has 0 aliphatic carbocycles. The molecule has 3 saturated heterocycles. The Hall–Kier alpha value is -6.28. The summed E-state index contributed by atoms with van der Waals surface area (Å²) in [5, 5.41) is 41.7. The number of anilines is 4. The third kappa shape index (κ3) is 12.3. The van der Waals surface area contributed by atoms with Crippen LogP contribution in [0, 0.1) is 16.7 Å². The summed E-state index contributed by atoms with van der Waals surface area (Å²) in [5.41, 5.74) is 14.8. The molecule has 3 aliphatic heterocycles. The highest BCUT2D eigenvalue weighted by Gasteiger charge is 2.32. The van der Waals surface area contributed by atoms with Gasteiger partial charge in [0, 0.05) is 86.8 Å². The van der Waals surface area contributed by atoms with E-state index in [1.165, 1.54) is 23.9 Å². The fraction of sp³-hybridized carbons (Fsp3) is 0.429. The van der Waals surface area contributed by atoms with Crippen LogP contribution in [0.15, 0.2) is 70.7 Å². The number of nitrogen functional groups attached to an aromatic ring is 1. The monoisotopic (exact) mass is 980 g/mol. The number of carbonyl (C=O) groups excluding carboxylic acids is 4. The lowest BCUT2D eigenvalue weighted by molar-refractivity contribution is -0.143. The maximum Gasteiger partial charge on any atom is 0.225 e. The third-order valence-corrected chi connectivity index (χ3v) is 14.7. The second kappa shape index (κ2) is 22.0. The number of nitrogens with one attached hydrogen (secondary N) is 3. The van der Waals surface area contributed by atoms with E-state index in [1.54, 1.807) is 41.4 Å². The van der Waals surface area contributed by atoms with Crippen LogP contribution >= 0.6 is 23.4 Å². The molecule has 0 saturated carbocycles. The van der Waals surface area contributed by atoms with Crippen molar-refractivity contribution < 1.29 is 29.4 Å². The minimum absolute atomic E-state index is 0.0149. The predicted molar refractivity (Wildman–Crippen MR) is 268 cm³/mol. The number of piperazine rings is 1. The van der Waals surface area contributed by atoms with Crippen molar-refractivity contribution in [3.8, 4) is 11.5 Å². The minimum atomic E-state index is -0.484. The number of aromatic hydroxyl groups is 2. The van der Waals surface area contributed by atoms with Gasteiger partial charge in [0.25, 0.3) is 0 Å². The van der Waals surface area contributed by atoms with Crippen LogP contribution < -0.4 is 26.6 Å². The molecule has 20 heteroatoms. The molecule has 0 spiro atoms. The lowest BCUT2D eigenvalue weighted by Gasteiger charge is -2.38. The van der Waals surface area contributed by atoms with Gasteiger partial charge in [-0.15, -0.1) is 0 Å². The van der Waals surface area contributed by atoms with Crippen molar-refractivity contribution in [1.82, 2.24) is 24.7 Å². The van der Waals surface area contributed by atoms with Gasteiger partial charge in [-0.3, -0.25) is 39.8 Å². The first-order chi connectivity index (χ1) is 32.9. The molecule has 0 unspecified atom stereocenters. The highest BCUT2D eigenvalue weighted by molar-refractivity contribution is 7.99. The summed E-state index contributed by atoms with van der Waals surface area (Å²) in [5.74, 6) is -0.878. The first-order valence-corrected chi connectivity index (χ1v) is 24.4. The average Bonchev–Trinajstić information content (AvgIpc) is 3.33. The maximum atomic E-state index is 13.6. The number of nitrogens with two attached hydrogens (primary N) is 2. The molecular weight excluding hydrogens is 920 g/mol. The van der Waals surface area contributed by atoms with Crippen LogP contribution in [0.1, 0.15) is 81.9 Å². The van der Waals surface area contributed by atoms with E-state index in [0.29, 0.717) is 103 Å². The molecule has 0 bridgehead atoms. The van der Waals surface area contributed by atoms with Gasteiger partial charge < -0.3 is 41.7 Å². The number of rotatable bonds is 14. The Morgan fingerprint density at radius 2 is 1.62 bits per heavy atom. The number of halogens is 1. The molecule has 4 aromatic rings. The van der Waals surface area contributed by atoms with E-state index < -0.39 is 5.84 Å². The topological polar surface area (TPSA) is 262 Å². The zero-order valence-electron chi connectivity index (χ0n) is 39.2. The first kappa shape index (κ1) is 50.6. The van der Waals surface area contributed by atoms with Crippen molar-refractivity contribution in [3.63, 3.8) is 0 Å². The molecule has 366 valence electrons. The largest absolute Gasteiger partial charge is 0.508 e. The van der Waals surface area contributed by atoms with E-state index in [0.717, 1.165) is 36.4 Å². The SMILES string of the molecule is CC(C)c1cc(C(=N)N(C(=N)C=O)c2ccc(CN3CCC(C(=O)N4CCN(C(=O)CCC(=O)Nc5cccc(Sc6ncc(N7CCC(C)(N)CC7)nc6N)c5Cl)CC4)CC3)cc2)c(O)cc1O. The van der Waals surface area contributed by atoms with Gasteiger partial charge in [-0.2, -0.15) is 0 Å². The molecule has 3 aromatic carbocycles. The van der Waals surface area contributed by atoms with Crippen LogP contribution in [0.5, 0.6) is 11.5 Å². The van der Waals surface area contributed by atoms with Crippen molar-refractivity contribution in [3.05, 3.63) is 82.5 Å². The zero-order valence-corrected chi connectivity index (χ0v) is 40.8. The fourth-order valence-corrected chi connectivity index (χ4v) is 9.93. The van der Waals surface area contributed by atoms with Gasteiger partial charge in [0.15, 0.2) is 17.9 Å². The van der Waals surface area contributed by atoms with E-state index >= 15 is 0 Å². The van der Waals surface area contributed by atoms with Crippen LogP contribution in [-0.2, 0) is 25.7 Å². The van der Waals surface area contributed by atoms with E-state index in [2.05, 4.69) is 32.0 Å². The molecule has 18 nitrogen and oxygen atoms in total. The normalized spacial score (nSPS) is 16.6. The number of aldehydes is 1. The molecule has 1 aromatic heterocycles. The molecular formula is C49H61ClN12O6S. The Morgan fingerprint density at radius 3 is 2.26 bits per heavy atom. The van der Waals surface area contributed by atoms with Gasteiger partial charge >= 0.3 is 0 Å². The predicted octanol–water partition coefficient (Wildman–Crippen LogP) is 6.03. The second-order valence-corrected chi connectivity index (χ2v) is 19.9. The Bertz CT molecular complexity index is 2570. The van der Waals surface area contributed by atoms with Crippen LogP contribution in [-0.4, -0.2) is 128 Å². The number of hydrogen-bond donors (Lipinski definition) is 7. The number of phenolic OH excluding ortho intramolecular Hbond substituents is 2. The Labute approximate surface area is 411 Å². The van der Waals surface area contributed by atoms with Crippen molar-refractivity contribution in [2.24, 2.45) is 11.7 Å². The minimum Gasteiger partial charge on any atom is -0.508 e. The smallest absolute Gasteiger partial charge is 0.225 e. The van der Waals surface area contributed by atoms with Gasteiger partial charge in [0.1, 0.15) is 28.2 Å². The number of amides is 3. The number of piperidine rings is 2. The maximum absolute atomic E-state index is 13.6. The number of carbonyl (C=O) groups is 4. The Balaban J connectivity index is 0.831. The second-order valence-electron chi connectivity index (χ2n) is 18.5. The van der Waals surface area contributed by atoms with Crippen LogP contribution in [0.3, 0.4) is 0 Å². The van der Waals surface area contributed by atoms with E-state index in [4.69, 9.17) is 33.9 Å². The molecule has 3 aliphatic rings. The Morgan fingerprint density at radius 1 is 0.957 bits per heavy atom. The quantitative estimate of drug-likeness (QED) is 0.0433. The van der Waals surface area contributed by atoms with Crippen LogP contribution in [0.4, 0.5) is 23.0 Å². The van der Waals surface area contributed by atoms with E-state index in [-0.39, 0.29) is 76.7 Å². The van der Waals surface area contributed by atoms with Gasteiger partial charge in [-0.25, -0.2) is 9.97 Å². The first-order valence-electron chi connectivity index (χ1n) is 23.2. The molecule has 3 amide bonds. The summed E-state index contributed by atoms with van der Waals surface area (Å²) in [6, 6.07) is 15.1. The van der Waals surface area contributed by atoms with Crippen LogP contribution in [0.2, 0.25) is 5.02 Å². The molecule has 69 heavy (non-hydrogen) atoms. The molecule has 4 heterocycles. The Kier molecular flexibility index (Phi) is 16.1. The fourth-order valence-electron chi connectivity index (χ4n) is 8.83. The van der Waals surface area contributed by atoms with Crippen molar-refractivity contribution in [2.45, 2.75) is 87.2 Å². The molecule has 0 atom stereocenters. The number of aromatic nitrogens is 2. The lowest BCUT2D eigenvalue weighted by Crippen LogP contribution is -2.53. The average molecular weight is 982 g/mol. The number of likely N-dealkylation sites (tertiary alicyclic amines) is 1. The molecule has 0 radical (unpaired) electrons. The van der Waals surface area contributed by atoms with E-state index in [1.807, 2.05) is 30.9 Å². The highest BCUT2D eigenvalue weighted by Crippen LogP contribution is 2.39. The molecule has 3 fully saturated rings. The number of nitrogens with zero attached hydrogens (tertiary/aromatic N) is 7. The van der Waals surface area contributed by atoms with Crippen LogP contribution in [0.25, 0.3) is 0 Å². The van der Waals surface area contributed by atoms with Gasteiger partial charge in [0.05, 0.1) is 22.5 Å². The van der Waals surface area contributed by atoms with Gasteiger partial charge in [0.2, 0.25) is 17.7 Å². The van der Waals surface area contributed by atoms with Gasteiger partial charge in [-0.05, 0) is 93.1 Å². The van der Waals surface area contributed by atoms with Crippen molar-refractivity contribution in [2.75, 3.05) is 73.2 Å². The van der Waals surface area contributed by atoms with E-state index in [9.17, 15) is 29.4 Å². The number of benzene rings is 3. The van der Waals surface area contributed by atoms with Gasteiger partial charge in [-0.1, -0.05) is 55.4 Å². The lowest BCUT2D eigenvalue weighted by atomic mass is 9.91.